The van der Waals surface area contributed by atoms with Crippen molar-refractivity contribution < 1.29 is 5.11 Å². The van der Waals surface area contributed by atoms with E-state index in [4.69, 9.17) is 5.73 Å². The molecule has 1 aliphatic carbocycles. The van der Waals surface area contributed by atoms with Crippen LogP contribution in [0, 0.1) is 6.92 Å². The molecule has 1 aliphatic rings. The Morgan fingerprint density at radius 3 is 2.61 bits per heavy atom. The molecule has 0 saturated heterocycles. The van der Waals surface area contributed by atoms with Crippen LogP contribution in [0.15, 0.2) is 12.3 Å². The number of hydrogen-bond acceptors (Lipinski definition) is 4. The normalized spacial score (nSPS) is 19.2. The molecule has 4 heteroatoms. The van der Waals surface area contributed by atoms with E-state index in [2.05, 4.69) is 10.3 Å². The van der Waals surface area contributed by atoms with E-state index in [-0.39, 0.29) is 0 Å². The van der Waals surface area contributed by atoms with Gasteiger partial charge in [-0.15, -0.1) is 0 Å². The van der Waals surface area contributed by atoms with Crippen LogP contribution in [-0.2, 0) is 0 Å². The molecule has 2 rings (SSSR count). The average Bonchev–Trinajstić information content (AvgIpc) is 2.54. The fourth-order valence-electron chi connectivity index (χ4n) is 2.59. The number of nitrogens with one attached hydrogen (secondary N) is 1. The van der Waals surface area contributed by atoms with E-state index in [0.29, 0.717) is 12.2 Å². The van der Waals surface area contributed by atoms with Crippen molar-refractivity contribution in [2.75, 3.05) is 17.6 Å². The van der Waals surface area contributed by atoms with Gasteiger partial charge in [0, 0.05) is 6.54 Å². The Morgan fingerprint density at radius 1 is 1.33 bits per heavy atom. The summed E-state index contributed by atoms with van der Waals surface area (Å²) in [6.07, 6.45) is 8.12. The summed E-state index contributed by atoms with van der Waals surface area (Å²) < 4.78 is 0. The zero-order valence-electron chi connectivity index (χ0n) is 11.1. The number of rotatable bonds is 3. The molecule has 0 spiro atoms. The lowest BCUT2D eigenvalue weighted by molar-refractivity contribution is 0.0380. The summed E-state index contributed by atoms with van der Waals surface area (Å²) in [6.45, 7) is 2.55. The minimum atomic E-state index is -0.577. The highest BCUT2D eigenvalue weighted by atomic mass is 16.3. The number of aryl methyl sites for hydroxylation is 1. The molecule has 1 aromatic rings. The third kappa shape index (κ3) is 3.35. The first-order valence-corrected chi connectivity index (χ1v) is 6.77. The fourth-order valence-corrected chi connectivity index (χ4v) is 2.59. The van der Waals surface area contributed by atoms with Gasteiger partial charge in [-0.1, -0.05) is 25.7 Å². The molecule has 0 atom stereocenters. The third-order valence-corrected chi connectivity index (χ3v) is 3.72. The Bertz CT molecular complexity index is 398. The Balaban J connectivity index is 1.97. The monoisotopic (exact) mass is 249 g/mol. The van der Waals surface area contributed by atoms with Crippen LogP contribution in [0.4, 0.5) is 11.5 Å². The molecule has 0 radical (unpaired) electrons. The van der Waals surface area contributed by atoms with Gasteiger partial charge in [0.1, 0.15) is 5.82 Å². The maximum atomic E-state index is 10.5. The van der Waals surface area contributed by atoms with Crippen molar-refractivity contribution in [1.29, 1.82) is 0 Å². The summed E-state index contributed by atoms with van der Waals surface area (Å²) >= 11 is 0. The van der Waals surface area contributed by atoms with Gasteiger partial charge in [-0.3, -0.25) is 0 Å². The number of anilines is 2. The molecular formula is C14H23N3O. The lowest BCUT2D eigenvalue weighted by atomic mass is 9.94. The predicted octanol–water partition coefficient (Wildman–Crippen LogP) is 2.47. The van der Waals surface area contributed by atoms with Crippen molar-refractivity contribution in [1.82, 2.24) is 4.98 Å². The molecule has 0 aliphatic heterocycles. The van der Waals surface area contributed by atoms with Crippen LogP contribution in [0.3, 0.4) is 0 Å². The van der Waals surface area contributed by atoms with Gasteiger partial charge in [0.25, 0.3) is 0 Å². The molecule has 4 nitrogen and oxygen atoms in total. The lowest BCUT2D eigenvalue weighted by Gasteiger charge is -2.27. The number of pyridine rings is 1. The van der Waals surface area contributed by atoms with Gasteiger partial charge in [-0.25, -0.2) is 4.98 Å². The summed E-state index contributed by atoms with van der Waals surface area (Å²) in [4.78, 5) is 4.27. The van der Waals surface area contributed by atoms with Crippen molar-refractivity contribution in [3.8, 4) is 0 Å². The third-order valence-electron chi connectivity index (χ3n) is 3.72. The lowest BCUT2D eigenvalue weighted by Crippen LogP contribution is -2.36. The SMILES string of the molecule is Cc1cc(N)cnc1NCC1(O)CCCCCC1. The Hall–Kier alpha value is -1.29. The Morgan fingerprint density at radius 2 is 2.00 bits per heavy atom. The first kappa shape index (κ1) is 13.1. The number of nitrogens with two attached hydrogens (primary N) is 1. The van der Waals surface area contributed by atoms with Crippen LogP contribution in [0.2, 0.25) is 0 Å². The Kier molecular flexibility index (Phi) is 4.07. The summed E-state index contributed by atoms with van der Waals surface area (Å²) in [7, 11) is 0. The number of aliphatic hydroxyl groups is 1. The minimum Gasteiger partial charge on any atom is -0.397 e. The van der Waals surface area contributed by atoms with E-state index in [9.17, 15) is 5.11 Å². The zero-order chi connectivity index (χ0) is 13.0. The second kappa shape index (κ2) is 5.57. The smallest absolute Gasteiger partial charge is 0.129 e. The van der Waals surface area contributed by atoms with Gasteiger partial charge >= 0.3 is 0 Å². The first-order chi connectivity index (χ1) is 8.59. The molecule has 0 aromatic carbocycles. The zero-order valence-corrected chi connectivity index (χ0v) is 11.1. The van der Waals surface area contributed by atoms with Crippen molar-refractivity contribution in [3.63, 3.8) is 0 Å². The van der Waals surface area contributed by atoms with Crippen molar-refractivity contribution in [2.24, 2.45) is 0 Å². The second-order valence-electron chi connectivity index (χ2n) is 5.43. The van der Waals surface area contributed by atoms with E-state index in [1.54, 1.807) is 6.20 Å². The number of nitrogen functional groups attached to an aromatic ring is 1. The van der Waals surface area contributed by atoms with Crippen LogP contribution >= 0.6 is 0 Å². The molecule has 18 heavy (non-hydrogen) atoms. The molecule has 1 saturated carbocycles. The van der Waals surface area contributed by atoms with Crippen molar-refractivity contribution in [3.05, 3.63) is 17.8 Å². The molecule has 1 heterocycles. The van der Waals surface area contributed by atoms with Crippen molar-refractivity contribution in [2.45, 2.75) is 51.0 Å². The second-order valence-corrected chi connectivity index (χ2v) is 5.43. The van der Waals surface area contributed by atoms with Gasteiger partial charge in [-0.2, -0.15) is 0 Å². The molecule has 4 N–H and O–H groups in total. The van der Waals surface area contributed by atoms with Crippen LogP contribution in [0.25, 0.3) is 0 Å². The predicted molar refractivity (Wildman–Crippen MR) is 74.5 cm³/mol. The summed E-state index contributed by atoms with van der Waals surface area (Å²) in [6, 6.07) is 1.90. The van der Waals surface area contributed by atoms with E-state index in [1.807, 2.05) is 13.0 Å². The fraction of sp³-hybridized carbons (Fsp3) is 0.643. The number of nitrogens with zero attached hydrogens (tertiary/aromatic N) is 1. The highest BCUT2D eigenvalue weighted by Gasteiger charge is 2.27. The molecular weight excluding hydrogens is 226 g/mol. The van der Waals surface area contributed by atoms with Gasteiger partial charge in [0.05, 0.1) is 17.5 Å². The van der Waals surface area contributed by atoms with E-state index in [0.717, 1.165) is 37.1 Å². The number of aromatic nitrogens is 1. The molecule has 0 unspecified atom stereocenters. The van der Waals surface area contributed by atoms with Gasteiger partial charge in [0.2, 0.25) is 0 Å². The van der Waals surface area contributed by atoms with Crippen LogP contribution < -0.4 is 11.1 Å². The number of hydrogen-bond donors (Lipinski definition) is 3. The van der Waals surface area contributed by atoms with Gasteiger partial charge in [-0.05, 0) is 31.4 Å². The minimum absolute atomic E-state index is 0.574. The van der Waals surface area contributed by atoms with Gasteiger partial charge in [0.15, 0.2) is 0 Å². The maximum Gasteiger partial charge on any atom is 0.129 e. The molecule has 1 fully saturated rings. The largest absolute Gasteiger partial charge is 0.397 e. The average molecular weight is 249 g/mol. The van der Waals surface area contributed by atoms with Gasteiger partial charge < -0.3 is 16.2 Å². The van der Waals surface area contributed by atoms with Crippen molar-refractivity contribution >= 4 is 11.5 Å². The van der Waals surface area contributed by atoms with Crippen LogP contribution in [-0.4, -0.2) is 22.2 Å². The molecule has 1 aromatic heterocycles. The first-order valence-electron chi connectivity index (χ1n) is 6.77. The standard InChI is InChI=1S/C14H23N3O/c1-11-8-12(15)9-16-13(11)17-10-14(18)6-4-2-3-5-7-14/h8-9,18H,2-7,10,15H2,1H3,(H,16,17). The topological polar surface area (TPSA) is 71.2 Å². The van der Waals surface area contributed by atoms with Crippen LogP contribution in [0.5, 0.6) is 0 Å². The summed E-state index contributed by atoms with van der Waals surface area (Å²) in [5.41, 5.74) is 6.79. The Labute approximate surface area is 109 Å². The summed E-state index contributed by atoms with van der Waals surface area (Å²) in [5, 5.41) is 13.8. The van der Waals surface area contributed by atoms with E-state index < -0.39 is 5.60 Å². The highest BCUT2D eigenvalue weighted by molar-refractivity contribution is 5.50. The molecule has 0 amide bonds. The quantitative estimate of drug-likeness (QED) is 0.720. The highest BCUT2D eigenvalue weighted by Crippen LogP contribution is 2.27. The van der Waals surface area contributed by atoms with Crippen LogP contribution in [0.1, 0.15) is 44.1 Å². The van der Waals surface area contributed by atoms with E-state index in [1.165, 1.54) is 12.8 Å². The maximum absolute atomic E-state index is 10.5. The van der Waals surface area contributed by atoms with E-state index >= 15 is 0 Å². The molecule has 0 bridgehead atoms. The molecule has 100 valence electrons. The summed E-state index contributed by atoms with van der Waals surface area (Å²) in [5.74, 6) is 0.821.